The molecule has 0 spiro atoms. The first-order valence-corrected chi connectivity index (χ1v) is 5.45. The van der Waals surface area contributed by atoms with Crippen molar-refractivity contribution in [2.45, 2.75) is 12.2 Å². The summed E-state index contributed by atoms with van der Waals surface area (Å²) < 4.78 is 39.7. The number of halogens is 5. The largest absolute Gasteiger partial charge is 0.574 e. The van der Waals surface area contributed by atoms with Gasteiger partial charge in [-0.3, -0.25) is 4.79 Å². The Kier molecular flexibility index (Phi) is 4.36. The number of aldehydes is 1. The fourth-order valence-corrected chi connectivity index (χ4v) is 1.86. The summed E-state index contributed by atoms with van der Waals surface area (Å²) in [6.45, 7) is 0. The van der Waals surface area contributed by atoms with E-state index in [4.69, 9.17) is 11.6 Å². The number of aromatic nitrogens is 1. The summed E-state index contributed by atoms with van der Waals surface area (Å²) in [5.74, 6) is -0.794. The van der Waals surface area contributed by atoms with Crippen LogP contribution in [0.15, 0.2) is 6.07 Å². The van der Waals surface area contributed by atoms with E-state index in [1.54, 1.807) is 22.6 Å². The van der Waals surface area contributed by atoms with E-state index in [1.165, 1.54) is 0 Å². The van der Waals surface area contributed by atoms with Crippen molar-refractivity contribution in [1.29, 1.82) is 0 Å². The van der Waals surface area contributed by atoms with Crippen molar-refractivity contribution < 1.29 is 22.7 Å². The Labute approximate surface area is 107 Å². The number of alkyl halides is 4. The predicted molar refractivity (Wildman–Crippen MR) is 58.6 cm³/mol. The third-order valence-corrected chi connectivity index (χ3v) is 2.67. The second-order valence-corrected chi connectivity index (χ2v) is 4.03. The monoisotopic (exact) mass is 365 g/mol. The molecular weight excluding hydrogens is 361 g/mol. The fourth-order valence-electron chi connectivity index (χ4n) is 0.947. The Hall–Kier alpha value is -0.570. The zero-order valence-electron chi connectivity index (χ0n) is 7.52. The zero-order valence-corrected chi connectivity index (χ0v) is 10.4. The highest BCUT2D eigenvalue weighted by Crippen LogP contribution is 2.25. The second-order valence-electron chi connectivity index (χ2n) is 2.60. The average Bonchev–Trinajstić information content (AvgIpc) is 2.14. The maximum Gasteiger partial charge on any atom is 0.574 e. The first-order valence-electron chi connectivity index (χ1n) is 3.83. The van der Waals surface area contributed by atoms with E-state index in [-0.39, 0.29) is 17.1 Å². The molecule has 0 saturated heterocycles. The minimum atomic E-state index is -4.82. The van der Waals surface area contributed by atoms with Crippen LogP contribution in [0.4, 0.5) is 13.2 Å². The van der Waals surface area contributed by atoms with E-state index in [2.05, 4.69) is 9.72 Å². The lowest BCUT2D eigenvalue weighted by Crippen LogP contribution is -2.18. The van der Waals surface area contributed by atoms with Gasteiger partial charge >= 0.3 is 6.36 Å². The second kappa shape index (κ2) is 5.17. The van der Waals surface area contributed by atoms with Crippen molar-refractivity contribution >= 4 is 40.5 Å². The van der Waals surface area contributed by atoms with E-state index in [0.29, 0.717) is 9.86 Å². The SMILES string of the molecule is O=Cc1c(I)cc(OC(F)(F)F)nc1CCl. The maximum absolute atomic E-state index is 11.9. The van der Waals surface area contributed by atoms with Crippen LogP contribution in [0, 0.1) is 3.57 Å². The van der Waals surface area contributed by atoms with Crippen LogP contribution in [0.5, 0.6) is 5.88 Å². The van der Waals surface area contributed by atoms with E-state index >= 15 is 0 Å². The third-order valence-electron chi connectivity index (χ3n) is 1.53. The standard InChI is InChI=1S/C8H4ClF3INO2/c9-2-6-4(3-15)5(13)1-7(14-6)16-8(10,11)12/h1,3H,2H2. The lowest BCUT2D eigenvalue weighted by Gasteiger charge is -2.10. The molecule has 16 heavy (non-hydrogen) atoms. The van der Waals surface area contributed by atoms with E-state index in [0.717, 1.165) is 6.07 Å². The molecule has 1 aromatic heterocycles. The molecule has 0 atom stereocenters. The van der Waals surface area contributed by atoms with Gasteiger partial charge < -0.3 is 4.74 Å². The zero-order chi connectivity index (χ0) is 12.3. The first kappa shape index (κ1) is 13.5. The highest BCUT2D eigenvalue weighted by atomic mass is 127. The van der Waals surface area contributed by atoms with Gasteiger partial charge in [-0.1, -0.05) is 0 Å². The van der Waals surface area contributed by atoms with Crippen LogP contribution in [-0.2, 0) is 5.88 Å². The number of hydrogen-bond acceptors (Lipinski definition) is 3. The Morgan fingerprint density at radius 3 is 2.62 bits per heavy atom. The predicted octanol–water partition coefficient (Wildman–Crippen LogP) is 3.14. The number of carbonyl (C=O) groups excluding carboxylic acids is 1. The van der Waals surface area contributed by atoms with Gasteiger partial charge in [0.2, 0.25) is 5.88 Å². The Morgan fingerprint density at radius 2 is 2.19 bits per heavy atom. The molecule has 0 fully saturated rings. The molecule has 0 amide bonds. The molecule has 1 aromatic rings. The van der Waals surface area contributed by atoms with Crippen LogP contribution >= 0.6 is 34.2 Å². The van der Waals surface area contributed by atoms with Crippen LogP contribution in [0.1, 0.15) is 16.1 Å². The van der Waals surface area contributed by atoms with Crippen molar-refractivity contribution in [2.75, 3.05) is 0 Å². The van der Waals surface area contributed by atoms with Crippen molar-refractivity contribution in [3.05, 3.63) is 20.9 Å². The molecule has 0 N–H and O–H groups in total. The molecule has 0 saturated carbocycles. The van der Waals surface area contributed by atoms with Crippen molar-refractivity contribution in [3.63, 3.8) is 0 Å². The van der Waals surface area contributed by atoms with Crippen LogP contribution in [0.3, 0.4) is 0 Å². The molecule has 0 bridgehead atoms. The van der Waals surface area contributed by atoms with Crippen LogP contribution in [-0.4, -0.2) is 17.6 Å². The summed E-state index contributed by atoms with van der Waals surface area (Å²) in [5.41, 5.74) is 0.230. The van der Waals surface area contributed by atoms with Crippen LogP contribution in [0.25, 0.3) is 0 Å². The highest BCUT2D eigenvalue weighted by molar-refractivity contribution is 14.1. The summed E-state index contributed by atoms with van der Waals surface area (Å²) in [7, 11) is 0. The lowest BCUT2D eigenvalue weighted by atomic mass is 10.2. The average molecular weight is 365 g/mol. The molecule has 0 unspecified atom stereocenters. The van der Waals surface area contributed by atoms with Gasteiger partial charge in [0.25, 0.3) is 0 Å². The molecule has 1 heterocycles. The Bertz CT molecular complexity index is 411. The summed E-state index contributed by atoms with van der Waals surface area (Å²) in [4.78, 5) is 14.1. The first-order chi connectivity index (χ1) is 7.37. The third kappa shape index (κ3) is 3.48. The Balaban J connectivity index is 3.15. The van der Waals surface area contributed by atoms with Crippen LogP contribution < -0.4 is 4.74 Å². The van der Waals surface area contributed by atoms with Gasteiger partial charge in [-0.25, -0.2) is 4.98 Å². The summed E-state index contributed by atoms with van der Waals surface area (Å²) >= 11 is 7.17. The van der Waals surface area contributed by atoms with Gasteiger partial charge in [-0.2, -0.15) is 0 Å². The van der Waals surface area contributed by atoms with Gasteiger partial charge in [0.05, 0.1) is 17.1 Å². The molecule has 0 radical (unpaired) electrons. The van der Waals surface area contributed by atoms with Gasteiger partial charge in [0.15, 0.2) is 6.29 Å². The quantitative estimate of drug-likeness (QED) is 0.469. The van der Waals surface area contributed by atoms with Gasteiger partial charge in [0.1, 0.15) is 0 Å². The lowest BCUT2D eigenvalue weighted by molar-refractivity contribution is -0.276. The summed E-state index contributed by atoms with van der Waals surface area (Å²) in [6.07, 6.45) is -4.33. The number of hydrogen-bond donors (Lipinski definition) is 0. The van der Waals surface area contributed by atoms with Crippen molar-refractivity contribution in [2.24, 2.45) is 0 Å². The van der Waals surface area contributed by atoms with E-state index < -0.39 is 12.2 Å². The minimum Gasteiger partial charge on any atom is -0.388 e. The maximum atomic E-state index is 11.9. The fraction of sp³-hybridized carbons (Fsp3) is 0.250. The number of carbonyl (C=O) groups is 1. The molecule has 3 nitrogen and oxygen atoms in total. The topological polar surface area (TPSA) is 39.2 Å². The molecule has 1 rings (SSSR count). The molecule has 0 aliphatic heterocycles. The molecular formula is C8H4ClF3INO2. The number of pyridine rings is 1. The molecule has 0 aliphatic rings. The highest BCUT2D eigenvalue weighted by Gasteiger charge is 2.32. The number of rotatable bonds is 3. The summed E-state index contributed by atoms with van der Waals surface area (Å²) in [6, 6.07) is 1.02. The van der Waals surface area contributed by atoms with Gasteiger partial charge in [-0.05, 0) is 22.6 Å². The smallest absolute Gasteiger partial charge is 0.388 e. The summed E-state index contributed by atoms with van der Waals surface area (Å²) in [5, 5.41) is 0. The molecule has 0 aromatic carbocycles. The van der Waals surface area contributed by atoms with Gasteiger partial charge in [-0.15, -0.1) is 24.8 Å². The van der Waals surface area contributed by atoms with Crippen molar-refractivity contribution in [3.8, 4) is 5.88 Å². The number of ether oxygens (including phenoxy) is 1. The van der Waals surface area contributed by atoms with Crippen molar-refractivity contribution in [1.82, 2.24) is 4.98 Å². The van der Waals surface area contributed by atoms with E-state index in [9.17, 15) is 18.0 Å². The molecule has 88 valence electrons. The van der Waals surface area contributed by atoms with E-state index in [1.807, 2.05) is 0 Å². The normalized spacial score (nSPS) is 11.3. The van der Waals surface area contributed by atoms with Gasteiger partial charge in [0, 0.05) is 9.64 Å². The molecule has 0 aliphatic carbocycles. The minimum absolute atomic E-state index is 0.0582. The molecule has 8 heteroatoms. The van der Waals surface area contributed by atoms with Crippen LogP contribution in [0.2, 0.25) is 0 Å². The Morgan fingerprint density at radius 1 is 1.56 bits per heavy atom. The number of nitrogens with zero attached hydrogens (tertiary/aromatic N) is 1.